The second kappa shape index (κ2) is 16.2. The summed E-state index contributed by atoms with van der Waals surface area (Å²) in [7, 11) is 0. The topological polar surface area (TPSA) is 0 Å². The zero-order valence-corrected chi connectivity index (χ0v) is 36.2. The van der Waals surface area contributed by atoms with Crippen LogP contribution in [-0.4, -0.2) is 5.43 Å². The molecule has 6 aromatic carbocycles. The third-order valence-corrected chi connectivity index (χ3v) is 31.2. The first-order valence-corrected chi connectivity index (χ1v) is 27.7. The number of hydrogen-bond donors (Lipinski definition) is 0. The summed E-state index contributed by atoms with van der Waals surface area (Å²) >= 11 is -2.33. The molecule has 0 spiro atoms. The largest absolute Gasteiger partial charge is 1.00 e. The molecule has 0 fully saturated rings. The third-order valence-electron chi connectivity index (χ3n) is 11.9. The fourth-order valence-electron chi connectivity index (χ4n) is 8.83. The van der Waals surface area contributed by atoms with E-state index < -0.39 is 25.8 Å². The van der Waals surface area contributed by atoms with E-state index in [1.807, 2.05) is 0 Å². The average molecular weight is 815 g/mol. The van der Waals surface area contributed by atoms with Crippen LogP contribution in [0.15, 0.2) is 132 Å². The van der Waals surface area contributed by atoms with E-state index in [1.165, 1.54) is 67.8 Å². The van der Waals surface area contributed by atoms with Crippen molar-refractivity contribution in [3.8, 4) is 22.3 Å². The molecule has 4 heteroatoms. The van der Waals surface area contributed by atoms with Crippen LogP contribution in [0.1, 0.15) is 70.0 Å². The first-order chi connectivity index (χ1) is 24.4. The summed E-state index contributed by atoms with van der Waals surface area (Å²) in [5.41, 5.74) is 14.7. The molecule has 2 aliphatic carbocycles. The van der Waals surface area contributed by atoms with E-state index in [9.17, 15) is 0 Å². The molecule has 4 atom stereocenters. The molecule has 0 bridgehead atoms. The van der Waals surface area contributed by atoms with Gasteiger partial charge in [0.15, 0.2) is 0 Å². The molecular weight excluding hydrogens is 767 g/mol. The first-order valence-electron chi connectivity index (χ1n) is 18.7. The molecule has 0 aromatic heterocycles. The fraction of sp³-hybridized carbons (Fsp3) is 0.250. The molecule has 2 aliphatic rings. The van der Waals surface area contributed by atoms with Crippen LogP contribution in [0.25, 0.3) is 56.0 Å². The van der Waals surface area contributed by atoms with Crippen molar-refractivity contribution in [1.82, 2.24) is 0 Å². The Kier molecular flexibility index (Phi) is 12.0. The minimum atomic E-state index is -2.33. The van der Waals surface area contributed by atoms with Crippen LogP contribution in [0.5, 0.6) is 0 Å². The molecule has 0 amide bonds. The third kappa shape index (κ3) is 6.79. The first kappa shape index (κ1) is 38.7. The maximum atomic E-state index is 2.68. The maximum Gasteiger partial charge on any atom is -1.00 e. The predicted molar refractivity (Wildman–Crippen MR) is 217 cm³/mol. The van der Waals surface area contributed by atoms with Gasteiger partial charge in [-0.25, -0.2) is 0 Å². The second-order valence-corrected chi connectivity index (χ2v) is 32.8. The van der Waals surface area contributed by atoms with Crippen LogP contribution in [-0.2, 0) is 20.4 Å². The summed E-state index contributed by atoms with van der Waals surface area (Å²) in [4.78, 5) is 0. The Bertz CT molecular complexity index is 2220. The molecule has 0 radical (unpaired) electrons. The molecule has 0 nitrogen and oxygen atoms in total. The molecule has 262 valence electrons. The van der Waals surface area contributed by atoms with E-state index in [1.54, 1.807) is 22.3 Å². The summed E-state index contributed by atoms with van der Waals surface area (Å²) in [5, 5.41) is 5.26. The summed E-state index contributed by atoms with van der Waals surface area (Å²) in [6, 6.07) is 46.3. The van der Waals surface area contributed by atoms with Gasteiger partial charge in [0.25, 0.3) is 0 Å². The number of hydrogen-bond acceptors (Lipinski definition) is 0. The van der Waals surface area contributed by atoms with Crippen LogP contribution in [0.2, 0.25) is 13.1 Å². The van der Waals surface area contributed by atoms with Crippen LogP contribution in [0, 0.1) is 11.8 Å². The number of halogens is 2. The van der Waals surface area contributed by atoms with Crippen molar-refractivity contribution in [2.75, 3.05) is 0 Å². The molecule has 0 aliphatic heterocycles. The summed E-state index contributed by atoms with van der Waals surface area (Å²) in [6.07, 6.45) is 7.74. The maximum absolute atomic E-state index is 2.68. The van der Waals surface area contributed by atoms with E-state index in [2.05, 4.69) is 174 Å². The van der Waals surface area contributed by atoms with Gasteiger partial charge in [0.05, 0.1) is 0 Å². The fourth-order valence-corrected chi connectivity index (χ4v) is 29.6. The number of rotatable bonds is 8. The Morgan fingerprint density at radius 1 is 0.519 bits per heavy atom. The van der Waals surface area contributed by atoms with Crippen molar-refractivity contribution in [1.29, 1.82) is 0 Å². The average Bonchev–Trinajstić information content (AvgIpc) is 3.73. The zero-order valence-electron chi connectivity index (χ0n) is 31.2. The van der Waals surface area contributed by atoms with Crippen molar-refractivity contribution in [2.24, 2.45) is 11.8 Å². The number of allylic oxidation sites excluding steroid dienone is 2. The van der Waals surface area contributed by atoms with Gasteiger partial charge in [-0.05, 0) is 0 Å². The Morgan fingerprint density at radius 2 is 0.923 bits per heavy atom. The smallest absolute Gasteiger partial charge is 1.00 e. The normalized spacial score (nSPS) is 16.8. The van der Waals surface area contributed by atoms with Gasteiger partial charge in [-0.1, -0.05) is 0 Å². The summed E-state index contributed by atoms with van der Waals surface area (Å²) in [5.74, 6) is 1.16. The monoisotopic (exact) mass is 812 g/mol. The van der Waals surface area contributed by atoms with Gasteiger partial charge in [-0.3, -0.25) is 0 Å². The van der Waals surface area contributed by atoms with Crippen LogP contribution in [0.4, 0.5) is 0 Å². The zero-order chi connectivity index (χ0) is 34.5. The van der Waals surface area contributed by atoms with Gasteiger partial charge in [-0.15, -0.1) is 0 Å². The molecule has 0 saturated carbocycles. The molecule has 52 heavy (non-hydrogen) atoms. The Labute approximate surface area is 331 Å². The van der Waals surface area contributed by atoms with Crippen molar-refractivity contribution < 1.29 is 45.2 Å². The van der Waals surface area contributed by atoms with Gasteiger partial charge >= 0.3 is 309 Å². The minimum Gasteiger partial charge on any atom is -1.00 e. The van der Waals surface area contributed by atoms with E-state index in [0.29, 0.717) is 19.1 Å². The summed E-state index contributed by atoms with van der Waals surface area (Å²) in [6.45, 7) is 15.2. The van der Waals surface area contributed by atoms with Crippen LogP contribution < -0.4 is 24.8 Å². The van der Waals surface area contributed by atoms with Gasteiger partial charge in [0.1, 0.15) is 0 Å². The number of fused-ring (bicyclic) bond motifs is 4. The Hall–Kier alpha value is -3.00. The predicted octanol–water partition coefficient (Wildman–Crippen LogP) is 7.87. The summed E-state index contributed by atoms with van der Waals surface area (Å²) < 4.78 is 1.22. The SMILES string of the molecule is CCC(C)C1=Cc2c(-c3ccc4ccccc4c3)cccc2[CH]1[Zr+2]([CH]1C(C(C)CC)=Cc2c(-c3ccc4ccccc4c3)cccc21)=[Si](C)C.[Cl-].[Cl-]. The van der Waals surface area contributed by atoms with Gasteiger partial charge in [0.2, 0.25) is 0 Å². The van der Waals surface area contributed by atoms with Crippen molar-refractivity contribution >= 4 is 39.1 Å². The van der Waals surface area contributed by atoms with Crippen molar-refractivity contribution in [3.05, 3.63) is 155 Å². The Morgan fingerprint density at radius 3 is 1.31 bits per heavy atom. The van der Waals surface area contributed by atoms with Gasteiger partial charge in [0, 0.05) is 0 Å². The standard InChI is InChI=1S/2C23H21.C2H6Si.2ClH.Zr/c2*1-3-16(2)21-14-19-9-6-10-22(23(19)15-21)20-12-11-17-7-4-5-8-18(17)13-20;1-3-2;;;/h2*4-16H,3H2,1-2H3;1-2H3;2*1H;/q;;;;;+2/p-2. The molecular formula is C48H48Cl2SiZr. The van der Waals surface area contributed by atoms with E-state index >= 15 is 0 Å². The molecule has 0 saturated heterocycles. The van der Waals surface area contributed by atoms with E-state index in [0.717, 1.165) is 0 Å². The van der Waals surface area contributed by atoms with Crippen LogP contribution >= 0.6 is 0 Å². The molecule has 0 N–H and O–H groups in total. The van der Waals surface area contributed by atoms with E-state index in [-0.39, 0.29) is 24.8 Å². The van der Waals surface area contributed by atoms with E-state index in [4.69, 9.17) is 0 Å². The second-order valence-electron chi connectivity index (χ2n) is 15.0. The molecule has 6 aromatic rings. The minimum absolute atomic E-state index is 0. The van der Waals surface area contributed by atoms with Crippen molar-refractivity contribution in [3.63, 3.8) is 0 Å². The Balaban J connectivity index is 0.00000232. The molecule has 4 unspecified atom stereocenters. The van der Waals surface area contributed by atoms with Crippen LogP contribution in [0.3, 0.4) is 0 Å². The quantitative estimate of drug-likeness (QED) is 0.137. The molecule has 0 heterocycles. The van der Waals surface area contributed by atoms with Gasteiger partial charge < -0.3 is 24.8 Å². The van der Waals surface area contributed by atoms with Crippen molar-refractivity contribution in [2.45, 2.75) is 60.9 Å². The van der Waals surface area contributed by atoms with Gasteiger partial charge in [-0.2, -0.15) is 0 Å². The molecule has 8 rings (SSSR count). The number of benzene rings is 6.